The van der Waals surface area contributed by atoms with E-state index in [0.29, 0.717) is 6.54 Å². The Kier molecular flexibility index (Phi) is 8.72. The van der Waals surface area contributed by atoms with Crippen molar-refractivity contribution in [2.24, 2.45) is 0 Å². The Labute approximate surface area is 136 Å². The van der Waals surface area contributed by atoms with Gasteiger partial charge in [-0.15, -0.1) is 0 Å². The number of alkyl carbamates (subject to hydrolysis) is 1. The van der Waals surface area contributed by atoms with Crippen molar-refractivity contribution in [3.63, 3.8) is 0 Å². The second-order valence-corrected chi connectivity index (χ2v) is 6.15. The van der Waals surface area contributed by atoms with Crippen LogP contribution in [-0.2, 0) is 10.9 Å². The summed E-state index contributed by atoms with van der Waals surface area (Å²) >= 11 is 0. The minimum absolute atomic E-state index is 0.323. The molecule has 1 rings (SSSR count). The summed E-state index contributed by atoms with van der Waals surface area (Å²) in [5.41, 5.74) is -0.155. The summed E-state index contributed by atoms with van der Waals surface area (Å²) in [6, 6.07) is 5.05. The molecule has 0 aliphatic rings. The maximum absolute atomic E-state index is 11.9. The van der Waals surface area contributed by atoms with E-state index in [4.69, 9.17) is 4.74 Å². The Hall–Kier alpha value is -1.72. The van der Waals surface area contributed by atoms with E-state index in [1.807, 2.05) is 20.8 Å². The van der Waals surface area contributed by atoms with Crippen molar-refractivity contribution in [2.75, 3.05) is 6.54 Å². The zero-order valence-electron chi connectivity index (χ0n) is 14.4. The molecule has 0 saturated carbocycles. The lowest BCUT2D eigenvalue weighted by Crippen LogP contribution is -2.32. The highest BCUT2D eigenvalue weighted by molar-refractivity contribution is 5.67. The van der Waals surface area contributed by atoms with Crippen molar-refractivity contribution in [3.8, 4) is 0 Å². The lowest BCUT2D eigenvalue weighted by Gasteiger charge is -2.19. The first kappa shape index (κ1) is 21.3. The Morgan fingerprint density at radius 1 is 1.13 bits per heavy atom. The molecule has 3 nitrogen and oxygen atoms in total. The number of carbonyl (C=O) groups is 1. The Morgan fingerprint density at radius 3 is 2.04 bits per heavy atom. The zero-order chi connectivity index (χ0) is 18.1. The van der Waals surface area contributed by atoms with Crippen LogP contribution in [0.5, 0.6) is 0 Å². The molecule has 1 N–H and O–H groups in total. The number of hydrogen-bond donors (Lipinski definition) is 1. The molecule has 0 bridgehead atoms. The van der Waals surface area contributed by atoms with Gasteiger partial charge in [-0.2, -0.15) is 13.2 Å². The first-order chi connectivity index (χ1) is 10.5. The molecule has 6 heteroatoms. The molecule has 0 aliphatic heterocycles. The number of benzene rings is 1. The standard InChI is InChI=1S/C9H19NO2.C8H7F3/c1-5-6-7-10-8(11)12-9(2,3)4;1-6-2-4-7(5-3-6)8(9,10)11/h5-7H2,1-4H3,(H,10,11);2-5H,1H3. The maximum atomic E-state index is 11.9. The number of halogens is 3. The predicted octanol–water partition coefficient (Wildman–Crippen LogP) is 5.33. The zero-order valence-corrected chi connectivity index (χ0v) is 14.4. The lowest BCUT2D eigenvalue weighted by atomic mass is 10.1. The van der Waals surface area contributed by atoms with Gasteiger partial charge in [0.2, 0.25) is 0 Å². The lowest BCUT2D eigenvalue weighted by molar-refractivity contribution is -0.137. The Bertz CT molecular complexity index is 462. The van der Waals surface area contributed by atoms with E-state index in [1.54, 1.807) is 6.92 Å². The molecule has 0 fully saturated rings. The fourth-order valence-corrected chi connectivity index (χ4v) is 1.42. The van der Waals surface area contributed by atoms with E-state index in [-0.39, 0.29) is 6.09 Å². The average molecular weight is 333 g/mol. The highest BCUT2D eigenvalue weighted by Crippen LogP contribution is 2.28. The molecule has 0 radical (unpaired) electrons. The first-order valence-electron chi connectivity index (χ1n) is 7.56. The third-order valence-electron chi connectivity index (χ3n) is 2.58. The van der Waals surface area contributed by atoms with Crippen molar-refractivity contribution >= 4 is 6.09 Å². The van der Waals surface area contributed by atoms with E-state index < -0.39 is 17.3 Å². The van der Waals surface area contributed by atoms with Gasteiger partial charge in [-0.3, -0.25) is 0 Å². The molecule has 0 aliphatic carbocycles. The SMILES string of the molecule is CCCCNC(=O)OC(C)(C)C.Cc1ccc(C(F)(F)F)cc1. The van der Waals surface area contributed by atoms with Crippen LogP contribution >= 0.6 is 0 Å². The van der Waals surface area contributed by atoms with Crippen LogP contribution in [0, 0.1) is 6.92 Å². The molecule has 132 valence electrons. The molecular weight excluding hydrogens is 307 g/mol. The van der Waals surface area contributed by atoms with Crippen LogP contribution in [0.2, 0.25) is 0 Å². The highest BCUT2D eigenvalue weighted by atomic mass is 19.4. The van der Waals surface area contributed by atoms with Gasteiger partial charge in [0.05, 0.1) is 5.56 Å². The molecule has 0 unspecified atom stereocenters. The number of nitrogens with one attached hydrogen (secondary N) is 1. The number of rotatable bonds is 3. The van der Waals surface area contributed by atoms with E-state index in [2.05, 4.69) is 12.2 Å². The maximum Gasteiger partial charge on any atom is 0.416 e. The van der Waals surface area contributed by atoms with Crippen LogP contribution in [0.25, 0.3) is 0 Å². The van der Waals surface area contributed by atoms with E-state index in [9.17, 15) is 18.0 Å². The van der Waals surface area contributed by atoms with Crippen molar-refractivity contribution in [1.82, 2.24) is 5.32 Å². The summed E-state index contributed by atoms with van der Waals surface area (Å²) in [5.74, 6) is 0. The van der Waals surface area contributed by atoms with Gasteiger partial charge < -0.3 is 10.1 Å². The number of alkyl halides is 3. The summed E-state index contributed by atoms with van der Waals surface area (Å²) in [6.07, 6.45) is -2.46. The van der Waals surface area contributed by atoms with Gasteiger partial charge in [0.25, 0.3) is 0 Å². The largest absolute Gasteiger partial charge is 0.444 e. The van der Waals surface area contributed by atoms with E-state index in [1.165, 1.54) is 12.1 Å². The minimum Gasteiger partial charge on any atom is -0.444 e. The molecule has 1 aromatic rings. The molecule has 1 amide bonds. The number of unbranched alkanes of at least 4 members (excludes halogenated alkanes) is 1. The second kappa shape index (κ2) is 9.43. The third kappa shape index (κ3) is 11.5. The average Bonchev–Trinajstić information content (AvgIpc) is 2.37. The predicted molar refractivity (Wildman–Crippen MR) is 85.3 cm³/mol. The summed E-state index contributed by atoms with van der Waals surface area (Å²) in [6.45, 7) is 10.1. The molecule has 0 aromatic heterocycles. The summed E-state index contributed by atoms with van der Waals surface area (Å²) < 4.78 is 40.8. The van der Waals surface area contributed by atoms with Crippen molar-refractivity contribution in [2.45, 2.75) is 59.2 Å². The van der Waals surface area contributed by atoms with Crippen LogP contribution < -0.4 is 5.32 Å². The number of ether oxygens (including phenoxy) is 1. The van der Waals surface area contributed by atoms with Crippen LogP contribution in [0.1, 0.15) is 51.7 Å². The van der Waals surface area contributed by atoms with Gasteiger partial charge in [-0.05, 0) is 46.2 Å². The smallest absolute Gasteiger partial charge is 0.416 e. The molecular formula is C17H26F3NO2. The number of aryl methyl sites for hydroxylation is 1. The fraction of sp³-hybridized carbons (Fsp3) is 0.588. The van der Waals surface area contributed by atoms with Crippen LogP contribution in [0.15, 0.2) is 24.3 Å². The van der Waals surface area contributed by atoms with Gasteiger partial charge in [-0.1, -0.05) is 31.0 Å². The summed E-state index contributed by atoms with van der Waals surface area (Å²) in [4.78, 5) is 11.0. The summed E-state index contributed by atoms with van der Waals surface area (Å²) in [5, 5.41) is 2.68. The molecule has 0 spiro atoms. The van der Waals surface area contributed by atoms with Gasteiger partial charge in [0.15, 0.2) is 0 Å². The topological polar surface area (TPSA) is 38.3 Å². The van der Waals surface area contributed by atoms with Crippen LogP contribution in [0.4, 0.5) is 18.0 Å². The normalized spacial score (nSPS) is 11.3. The number of hydrogen-bond acceptors (Lipinski definition) is 2. The van der Waals surface area contributed by atoms with E-state index in [0.717, 1.165) is 30.5 Å². The monoisotopic (exact) mass is 333 g/mol. The Balaban J connectivity index is 0.000000422. The third-order valence-corrected chi connectivity index (χ3v) is 2.58. The van der Waals surface area contributed by atoms with Crippen molar-refractivity contribution < 1.29 is 22.7 Å². The molecule has 0 atom stereocenters. The Morgan fingerprint density at radius 2 is 1.65 bits per heavy atom. The fourth-order valence-electron chi connectivity index (χ4n) is 1.42. The van der Waals surface area contributed by atoms with Crippen molar-refractivity contribution in [1.29, 1.82) is 0 Å². The molecule has 0 saturated heterocycles. The molecule has 1 aromatic carbocycles. The first-order valence-corrected chi connectivity index (χ1v) is 7.56. The van der Waals surface area contributed by atoms with Gasteiger partial charge in [-0.25, -0.2) is 4.79 Å². The van der Waals surface area contributed by atoms with E-state index >= 15 is 0 Å². The van der Waals surface area contributed by atoms with Crippen LogP contribution in [0.3, 0.4) is 0 Å². The van der Waals surface area contributed by atoms with Gasteiger partial charge >= 0.3 is 12.3 Å². The number of amides is 1. The minimum atomic E-state index is -4.21. The van der Waals surface area contributed by atoms with Crippen LogP contribution in [-0.4, -0.2) is 18.2 Å². The molecule has 0 heterocycles. The quantitative estimate of drug-likeness (QED) is 0.760. The highest BCUT2D eigenvalue weighted by Gasteiger charge is 2.29. The van der Waals surface area contributed by atoms with Crippen molar-refractivity contribution in [3.05, 3.63) is 35.4 Å². The van der Waals surface area contributed by atoms with Gasteiger partial charge in [0, 0.05) is 6.54 Å². The summed E-state index contributed by atoms with van der Waals surface area (Å²) in [7, 11) is 0. The molecule has 23 heavy (non-hydrogen) atoms. The number of carbonyl (C=O) groups excluding carboxylic acids is 1. The van der Waals surface area contributed by atoms with Gasteiger partial charge in [0.1, 0.15) is 5.60 Å². The second-order valence-electron chi connectivity index (χ2n) is 6.15.